The van der Waals surface area contributed by atoms with Gasteiger partial charge in [-0.2, -0.15) is 23.4 Å². The Morgan fingerprint density at radius 1 is 1.15 bits per heavy atom. The van der Waals surface area contributed by atoms with Gasteiger partial charge < -0.3 is 0 Å². The summed E-state index contributed by atoms with van der Waals surface area (Å²) in [6.45, 7) is 4.62. The van der Waals surface area contributed by atoms with Gasteiger partial charge in [-0.05, 0) is 54.7 Å². The summed E-state index contributed by atoms with van der Waals surface area (Å²) in [5, 5.41) is 9.44. The Morgan fingerprint density at radius 2 is 1.82 bits per heavy atom. The molecular weight excluding hydrogens is 534 g/mol. The Morgan fingerprint density at radius 3 is 2.36 bits per heavy atom. The number of imidazole rings is 1. The number of nitriles is 1. The molecule has 0 radical (unpaired) electrons. The lowest BCUT2D eigenvalue weighted by Crippen LogP contribution is -2.39. The van der Waals surface area contributed by atoms with E-state index in [-0.39, 0.29) is 32.3 Å². The van der Waals surface area contributed by atoms with Gasteiger partial charge in [0.25, 0.3) is 5.82 Å². The SMILES string of the molecule is CCS(=O)(=O)c1cc(-c2ccc(C3(C#N)CC3)cc2)cnc1-c1nc2cc(C(F)(F)F)c[n+](C(C)C)c2n1F. The molecule has 4 aromatic rings. The molecule has 39 heavy (non-hydrogen) atoms. The van der Waals surface area contributed by atoms with Crippen LogP contribution in [-0.2, 0) is 21.4 Å². The normalized spacial score (nSPS) is 15.1. The van der Waals surface area contributed by atoms with Crippen molar-refractivity contribution in [2.24, 2.45) is 0 Å². The number of sulfone groups is 1. The molecule has 0 bridgehead atoms. The summed E-state index contributed by atoms with van der Waals surface area (Å²) in [6.07, 6.45) is -0.958. The van der Waals surface area contributed by atoms with Crippen molar-refractivity contribution < 1.29 is 30.6 Å². The van der Waals surface area contributed by atoms with E-state index in [0.29, 0.717) is 11.1 Å². The molecule has 0 N–H and O–H groups in total. The molecule has 7 nitrogen and oxygen atoms in total. The molecule has 0 aliphatic heterocycles. The lowest BCUT2D eigenvalue weighted by Gasteiger charge is -2.11. The van der Waals surface area contributed by atoms with Crippen LogP contribution >= 0.6 is 0 Å². The maximum Gasteiger partial charge on any atom is 0.419 e. The first-order valence-corrected chi connectivity index (χ1v) is 13.9. The molecule has 0 spiro atoms. The first-order chi connectivity index (χ1) is 18.3. The standard InChI is InChI=1S/C27H24F4N5O2S/c1-4-39(37,38)22-11-18(17-5-7-19(8-6-17)26(15-32)9-10-26)13-33-23(22)24-34-21-12-20(27(28,29)30)14-35(16(2)3)25(21)36(24)31/h5-8,11-14,16H,4,9-10H2,1-3H3/q+1. The van der Waals surface area contributed by atoms with E-state index < -0.39 is 38.9 Å². The van der Waals surface area contributed by atoms with Gasteiger partial charge >= 0.3 is 11.8 Å². The minimum absolute atomic E-state index is 0.0813. The van der Waals surface area contributed by atoms with E-state index in [4.69, 9.17) is 0 Å². The fraction of sp³-hybridized carbons (Fsp3) is 0.333. The lowest BCUT2D eigenvalue weighted by molar-refractivity contribution is -0.695. The van der Waals surface area contributed by atoms with E-state index in [1.165, 1.54) is 19.2 Å². The minimum Gasteiger partial charge on any atom is -0.248 e. The van der Waals surface area contributed by atoms with Gasteiger partial charge in [-0.1, -0.05) is 31.2 Å². The van der Waals surface area contributed by atoms with Gasteiger partial charge in [0.1, 0.15) is 6.20 Å². The van der Waals surface area contributed by atoms with E-state index in [2.05, 4.69) is 16.0 Å². The van der Waals surface area contributed by atoms with E-state index in [0.717, 1.165) is 35.2 Å². The summed E-state index contributed by atoms with van der Waals surface area (Å²) < 4.78 is 83.6. The second-order valence-electron chi connectivity index (χ2n) is 9.90. The summed E-state index contributed by atoms with van der Waals surface area (Å²) in [5.74, 6) is -0.830. The zero-order valence-electron chi connectivity index (χ0n) is 21.3. The summed E-state index contributed by atoms with van der Waals surface area (Å²) in [6, 6.07) is 11.0. The quantitative estimate of drug-likeness (QED) is 0.223. The second-order valence-corrected chi connectivity index (χ2v) is 12.1. The topological polar surface area (TPSA) is 92.5 Å². The largest absolute Gasteiger partial charge is 0.419 e. The van der Waals surface area contributed by atoms with Crippen molar-refractivity contribution in [3.8, 4) is 28.7 Å². The molecule has 1 fully saturated rings. The fourth-order valence-corrected chi connectivity index (χ4v) is 5.62. The van der Waals surface area contributed by atoms with Gasteiger partial charge in [0.05, 0.1) is 33.7 Å². The smallest absolute Gasteiger partial charge is 0.248 e. The highest BCUT2D eigenvalue weighted by Gasteiger charge is 2.44. The van der Waals surface area contributed by atoms with Crippen LogP contribution in [0.2, 0.25) is 0 Å². The molecule has 202 valence electrons. The zero-order chi connectivity index (χ0) is 28.3. The summed E-state index contributed by atoms with van der Waals surface area (Å²) in [7, 11) is -3.96. The Kier molecular flexibility index (Phi) is 6.25. The van der Waals surface area contributed by atoms with E-state index in [1.807, 2.05) is 12.1 Å². The van der Waals surface area contributed by atoms with Gasteiger partial charge in [-0.3, -0.25) is 0 Å². The number of benzene rings is 1. The highest BCUT2D eigenvalue weighted by Crippen LogP contribution is 2.47. The van der Waals surface area contributed by atoms with Crippen molar-refractivity contribution in [3.63, 3.8) is 0 Å². The maximum atomic E-state index is 15.7. The molecule has 12 heteroatoms. The van der Waals surface area contributed by atoms with Crippen molar-refractivity contribution in [3.05, 3.63) is 59.9 Å². The molecule has 0 saturated heterocycles. The van der Waals surface area contributed by atoms with Gasteiger partial charge in [0, 0.05) is 16.2 Å². The zero-order valence-corrected chi connectivity index (χ0v) is 22.1. The van der Waals surface area contributed by atoms with E-state index in [1.54, 1.807) is 26.0 Å². The van der Waals surface area contributed by atoms with Crippen LogP contribution in [0.4, 0.5) is 17.7 Å². The van der Waals surface area contributed by atoms with Crippen LogP contribution in [-0.4, -0.2) is 28.9 Å². The van der Waals surface area contributed by atoms with Gasteiger partial charge in [-0.15, -0.1) is 0 Å². The molecule has 3 heterocycles. The third kappa shape index (κ3) is 4.54. The first-order valence-electron chi connectivity index (χ1n) is 12.3. The summed E-state index contributed by atoms with van der Waals surface area (Å²) in [4.78, 5) is 8.12. The molecule has 3 aromatic heterocycles. The van der Waals surface area contributed by atoms with Crippen molar-refractivity contribution in [2.45, 2.75) is 56.1 Å². The Balaban J connectivity index is 1.68. The molecule has 0 amide bonds. The molecular formula is C27H24F4N5O2S+. The number of rotatable bonds is 6. The van der Waals surface area contributed by atoms with Gasteiger partial charge in [0.2, 0.25) is 0 Å². The van der Waals surface area contributed by atoms with Crippen molar-refractivity contribution in [1.82, 2.24) is 14.8 Å². The van der Waals surface area contributed by atoms with Crippen molar-refractivity contribution >= 4 is 21.0 Å². The van der Waals surface area contributed by atoms with Crippen LogP contribution in [0.25, 0.3) is 33.8 Å². The number of hydrogen-bond donors (Lipinski definition) is 0. The fourth-order valence-electron chi connectivity index (χ4n) is 4.56. The molecule has 5 rings (SSSR count). The molecule has 1 saturated carbocycles. The van der Waals surface area contributed by atoms with E-state index in [9.17, 15) is 26.9 Å². The van der Waals surface area contributed by atoms with E-state index >= 15 is 4.48 Å². The monoisotopic (exact) mass is 558 g/mol. The highest BCUT2D eigenvalue weighted by molar-refractivity contribution is 7.91. The predicted octanol–water partition coefficient (Wildman–Crippen LogP) is 5.73. The summed E-state index contributed by atoms with van der Waals surface area (Å²) in [5.41, 5.74) is -0.368. The number of pyridine rings is 2. The molecule has 1 aromatic carbocycles. The Hall–Kier alpha value is -3.85. The van der Waals surface area contributed by atoms with Crippen LogP contribution in [0.5, 0.6) is 0 Å². The predicted molar refractivity (Wildman–Crippen MR) is 135 cm³/mol. The Bertz CT molecular complexity index is 1750. The number of alkyl halides is 3. The van der Waals surface area contributed by atoms with Gasteiger partial charge in [0.15, 0.2) is 21.0 Å². The molecule has 1 aliphatic rings. The number of aromatic nitrogens is 4. The Labute approximate surface area is 222 Å². The lowest BCUT2D eigenvalue weighted by atomic mass is 9.95. The van der Waals surface area contributed by atoms with Gasteiger partial charge in [-0.25, -0.2) is 18.0 Å². The summed E-state index contributed by atoms with van der Waals surface area (Å²) >= 11 is 0. The van der Waals surface area contributed by atoms with Crippen LogP contribution in [0.15, 0.2) is 53.7 Å². The van der Waals surface area contributed by atoms with Crippen LogP contribution in [0, 0.1) is 11.3 Å². The number of nitrogens with zero attached hydrogens (tertiary/aromatic N) is 5. The average Bonchev–Trinajstić information content (AvgIpc) is 3.64. The second kappa shape index (κ2) is 9.12. The first kappa shape index (κ1) is 26.7. The van der Waals surface area contributed by atoms with Crippen LogP contribution < -0.4 is 4.57 Å². The maximum absolute atomic E-state index is 15.7. The number of fused-ring (bicyclic) bond motifs is 1. The third-order valence-electron chi connectivity index (χ3n) is 7.04. The van der Waals surface area contributed by atoms with Crippen molar-refractivity contribution in [1.29, 1.82) is 5.26 Å². The number of hydrogen-bond acceptors (Lipinski definition) is 5. The molecule has 0 atom stereocenters. The minimum atomic E-state index is -4.69. The van der Waals surface area contributed by atoms with Crippen molar-refractivity contribution in [2.75, 3.05) is 5.75 Å². The number of halogens is 4. The average molecular weight is 559 g/mol. The molecule has 0 unspecified atom stereocenters. The molecule has 1 aliphatic carbocycles. The van der Waals surface area contributed by atoms with Crippen LogP contribution in [0.3, 0.4) is 0 Å². The van der Waals surface area contributed by atoms with Crippen LogP contribution in [0.1, 0.15) is 50.8 Å². The third-order valence-corrected chi connectivity index (χ3v) is 8.78. The highest BCUT2D eigenvalue weighted by atomic mass is 32.2.